The van der Waals surface area contributed by atoms with Crippen molar-refractivity contribution in [3.63, 3.8) is 0 Å². The molecule has 6 heteroatoms. The van der Waals surface area contributed by atoms with Crippen LogP contribution in [-0.2, 0) is 10.0 Å². The van der Waals surface area contributed by atoms with Gasteiger partial charge in [-0.3, -0.25) is 4.31 Å². The highest BCUT2D eigenvalue weighted by Crippen LogP contribution is 2.24. The van der Waals surface area contributed by atoms with Crippen LogP contribution in [0.3, 0.4) is 0 Å². The fourth-order valence-electron chi connectivity index (χ4n) is 2.50. The van der Waals surface area contributed by atoms with E-state index in [0.717, 1.165) is 10.5 Å². The van der Waals surface area contributed by atoms with Gasteiger partial charge < -0.3 is 10.0 Å². The first kappa shape index (κ1) is 18.4. The first-order chi connectivity index (χ1) is 11.3. The molecular formula is C18H25N2O3S+. The number of aliphatic hydroxyl groups excluding tert-OH is 1. The Morgan fingerprint density at radius 3 is 2.17 bits per heavy atom. The Hall–Kier alpha value is -1.89. The van der Waals surface area contributed by atoms with Crippen LogP contribution in [0.2, 0.25) is 0 Å². The molecule has 0 aromatic heterocycles. The Morgan fingerprint density at radius 1 is 1.04 bits per heavy atom. The molecule has 0 amide bonds. The van der Waals surface area contributed by atoms with Crippen molar-refractivity contribution in [1.29, 1.82) is 0 Å². The van der Waals surface area contributed by atoms with Gasteiger partial charge in [-0.25, -0.2) is 8.42 Å². The lowest BCUT2D eigenvalue weighted by Gasteiger charge is -2.27. The van der Waals surface area contributed by atoms with Crippen LogP contribution < -0.4 is 9.21 Å². The molecule has 0 aliphatic carbocycles. The molecule has 0 aliphatic rings. The van der Waals surface area contributed by atoms with Crippen LogP contribution in [0.5, 0.6) is 0 Å². The van der Waals surface area contributed by atoms with E-state index >= 15 is 0 Å². The second kappa shape index (κ2) is 7.79. The van der Waals surface area contributed by atoms with E-state index in [9.17, 15) is 13.5 Å². The Bertz CT molecular complexity index is 744. The molecule has 5 nitrogen and oxygen atoms in total. The second-order valence-corrected chi connectivity index (χ2v) is 8.11. The van der Waals surface area contributed by atoms with Crippen molar-refractivity contribution in [3.8, 4) is 0 Å². The van der Waals surface area contributed by atoms with Crippen molar-refractivity contribution >= 4 is 15.7 Å². The van der Waals surface area contributed by atoms with Gasteiger partial charge in [0.25, 0.3) is 10.0 Å². The molecule has 2 N–H and O–H groups in total. The molecule has 0 heterocycles. The molecule has 0 saturated carbocycles. The average molecular weight is 349 g/mol. The lowest BCUT2D eigenvalue weighted by molar-refractivity contribution is -0.861. The van der Waals surface area contributed by atoms with Crippen LogP contribution in [-0.4, -0.2) is 46.8 Å². The molecule has 0 radical (unpaired) electrons. The van der Waals surface area contributed by atoms with Crippen LogP contribution in [0.25, 0.3) is 0 Å². The molecule has 0 fully saturated rings. The predicted octanol–water partition coefficient (Wildman–Crippen LogP) is 0.696. The summed E-state index contributed by atoms with van der Waals surface area (Å²) in [5.41, 5.74) is 1.54. The van der Waals surface area contributed by atoms with Gasteiger partial charge in [0.1, 0.15) is 12.6 Å². The lowest BCUT2D eigenvalue weighted by atomic mass is 10.2. The molecule has 24 heavy (non-hydrogen) atoms. The normalized spacial score (nSPS) is 13.0. The van der Waals surface area contributed by atoms with Gasteiger partial charge >= 0.3 is 0 Å². The zero-order chi connectivity index (χ0) is 17.7. The molecule has 2 aromatic rings. The number of aryl methyl sites for hydroxylation is 1. The van der Waals surface area contributed by atoms with Gasteiger partial charge in [-0.2, -0.15) is 0 Å². The number of nitrogens with one attached hydrogen (secondary N) is 1. The van der Waals surface area contributed by atoms with Crippen LogP contribution >= 0.6 is 0 Å². The molecule has 130 valence electrons. The number of hydrogen-bond donors (Lipinski definition) is 2. The van der Waals surface area contributed by atoms with Crippen molar-refractivity contribution in [2.75, 3.05) is 31.5 Å². The van der Waals surface area contributed by atoms with Gasteiger partial charge in [-0.05, 0) is 31.2 Å². The number of nitrogens with zero attached hydrogens (tertiary/aromatic N) is 1. The summed E-state index contributed by atoms with van der Waals surface area (Å²) in [4.78, 5) is 1.28. The van der Waals surface area contributed by atoms with Crippen molar-refractivity contribution < 1.29 is 18.4 Å². The van der Waals surface area contributed by atoms with Gasteiger partial charge in [0, 0.05) is 0 Å². The number of quaternary nitrogens is 1. The third-order valence-electron chi connectivity index (χ3n) is 3.67. The molecule has 0 aliphatic heterocycles. The minimum Gasteiger partial charge on any atom is -0.385 e. The Morgan fingerprint density at radius 2 is 1.62 bits per heavy atom. The highest BCUT2D eigenvalue weighted by Gasteiger charge is 2.27. The van der Waals surface area contributed by atoms with Crippen LogP contribution in [0.15, 0.2) is 59.5 Å². The first-order valence-corrected chi connectivity index (χ1v) is 9.36. The third kappa shape index (κ3) is 4.56. The van der Waals surface area contributed by atoms with Crippen LogP contribution in [0.4, 0.5) is 5.69 Å². The minimum absolute atomic E-state index is 0.0192. The van der Waals surface area contributed by atoms with Crippen molar-refractivity contribution in [2.45, 2.75) is 17.9 Å². The number of para-hydroxylation sites is 1. The zero-order valence-electron chi connectivity index (χ0n) is 14.3. The van der Waals surface area contributed by atoms with E-state index in [1.165, 1.54) is 4.31 Å². The first-order valence-electron chi connectivity index (χ1n) is 7.92. The van der Waals surface area contributed by atoms with Crippen molar-refractivity contribution in [1.82, 2.24) is 0 Å². The summed E-state index contributed by atoms with van der Waals surface area (Å²) in [7, 11) is 0.105. The molecular weight excluding hydrogens is 324 g/mol. The number of aliphatic hydroxyl groups is 1. The highest BCUT2D eigenvalue weighted by molar-refractivity contribution is 7.92. The van der Waals surface area contributed by atoms with E-state index in [2.05, 4.69) is 0 Å². The van der Waals surface area contributed by atoms with Crippen LogP contribution in [0, 0.1) is 6.92 Å². The van der Waals surface area contributed by atoms with E-state index in [4.69, 9.17) is 0 Å². The number of benzene rings is 2. The molecule has 1 unspecified atom stereocenters. The van der Waals surface area contributed by atoms with E-state index < -0.39 is 16.1 Å². The molecule has 2 aromatic carbocycles. The average Bonchev–Trinajstić information content (AvgIpc) is 2.53. The quantitative estimate of drug-likeness (QED) is 0.773. The fourth-order valence-corrected chi connectivity index (χ4v) is 4.00. The van der Waals surface area contributed by atoms with Gasteiger partial charge in [0.05, 0.1) is 31.2 Å². The smallest absolute Gasteiger partial charge is 0.264 e. The molecule has 0 spiro atoms. The monoisotopic (exact) mass is 349 g/mol. The molecule has 0 bridgehead atoms. The predicted molar refractivity (Wildman–Crippen MR) is 95.8 cm³/mol. The maximum Gasteiger partial charge on any atom is 0.264 e. The zero-order valence-corrected chi connectivity index (χ0v) is 15.1. The van der Waals surface area contributed by atoms with E-state index in [1.807, 2.05) is 27.1 Å². The van der Waals surface area contributed by atoms with Crippen molar-refractivity contribution in [3.05, 3.63) is 60.2 Å². The lowest BCUT2D eigenvalue weighted by Crippen LogP contribution is -3.07. The van der Waals surface area contributed by atoms with E-state index in [-0.39, 0.29) is 11.4 Å². The summed E-state index contributed by atoms with van der Waals surface area (Å²) in [6.45, 7) is 2.40. The number of anilines is 1. The molecule has 2 rings (SSSR count). The summed E-state index contributed by atoms with van der Waals surface area (Å²) in [6, 6.07) is 15.6. The minimum atomic E-state index is -3.74. The van der Waals surface area contributed by atoms with Crippen molar-refractivity contribution in [2.24, 2.45) is 0 Å². The topological polar surface area (TPSA) is 62.0 Å². The standard InChI is InChI=1S/C18H24N2O3S/c1-15-9-11-18(12-10-15)24(22,23)20(14-17(21)13-19(2)3)16-7-5-4-6-8-16/h4-12,17,21H,13-14H2,1-3H3/p+1. The fraction of sp³-hybridized carbons (Fsp3) is 0.333. The summed E-state index contributed by atoms with van der Waals surface area (Å²) >= 11 is 0. The van der Waals surface area contributed by atoms with Gasteiger partial charge in [-0.15, -0.1) is 0 Å². The summed E-state index contributed by atoms with van der Waals surface area (Å²) in [6.07, 6.45) is -0.754. The van der Waals surface area contributed by atoms with E-state index in [1.54, 1.807) is 48.5 Å². The van der Waals surface area contributed by atoms with Gasteiger partial charge in [0.15, 0.2) is 0 Å². The highest BCUT2D eigenvalue weighted by atomic mass is 32.2. The van der Waals surface area contributed by atoms with Gasteiger partial charge in [0.2, 0.25) is 0 Å². The SMILES string of the molecule is Cc1ccc(S(=O)(=O)N(CC(O)C[NH+](C)C)c2ccccc2)cc1. The van der Waals surface area contributed by atoms with Gasteiger partial charge in [-0.1, -0.05) is 35.9 Å². The Kier molecular flexibility index (Phi) is 5.99. The third-order valence-corrected chi connectivity index (χ3v) is 5.48. The summed E-state index contributed by atoms with van der Waals surface area (Å²) in [5, 5.41) is 10.3. The maximum absolute atomic E-state index is 13.1. The number of likely N-dealkylation sites (N-methyl/N-ethyl adjacent to an activating group) is 1. The number of hydrogen-bond acceptors (Lipinski definition) is 3. The second-order valence-electron chi connectivity index (χ2n) is 6.25. The number of rotatable bonds is 7. The largest absolute Gasteiger partial charge is 0.385 e. The summed E-state index contributed by atoms with van der Waals surface area (Å²) < 4.78 is 27.4. The molecule has 0 saturated heterocycles. The van der Waals surface area contributed by atoms with E-state index in [0.29, 0.717) is 12.2 Å². The summed E-state index contributed by atoms with van der Waals surface area (Å²) in [5.74, 6) is 0. The molecule has 1 atom stereocenters. The van der Waals surface area contributed by atoms with Crippen LogP contribution in [0.1, 0.15) is 5.56 Å². The number of sulfonamides is 1. The Balaban J connectivity index is 2.39. The Labute approximate surface area is 144 Å². The maximum atomic E-state index is 13.1.